The number of benzene rings is 1. The molecule has 0 aromatic heterocycles. The fourth-order valence-electron chi connectivity index (χ4n) is 2.38. The Kier molecular flexibility index (Phi) is 4.24. The SMILES string of the molecule is CCS(=O)(=O)Nc1ccc(C(=O)C2CCCC2)cc1. The highest BCUT2D eigenvalue weighted by atomic mass is 32.2. The third kappa shape index (κ3) is 3.56. The summed E-state index contributed by atoms with van der Waals surface area (Å²) in [5.74, 6) is 0.371. The molecule has 0 aliphatic heterocycles. The average molecular weight is 281 g/mol. The van der Waals surface area contributed by atoms with E-state index in [9.17, 15) is 13.2 Å². The second-order valence-corrected chi connectivity index (χ2v) is 6.94. The Balaban J connectivity index is 2.08. The van der Waals surface area contributed by atoms with Crippen molar-refractivity contribution in [2.24, 2.45) is 5.92 Å². The van der Waals surface area contributed by atoms with E-state index in [1.54, 1.807) is 31.2 Å². The lowest BCUT2D eigenvalue weighted by molar-refractivity contribution is 0.0923. The largest absolute Gasteiger partial charge is 0.294 e. The highest BCUT2D eigenvalue weighted by Gasteiger charge is 2.23. The van der Waals surface area contributed by atoms with Gasteiger partial charge in [-0.3, -0.25) is 9.52 Å². The minimum Gasteiger partial charge on any atom is -0.294 e. The highest BCUT2D eigenvalue weighted by Crippen LogP contribution is 2.28. The molecule has 0 bridgehead atoms. The lowest BCUT2D eigenvalue weighted by Crippen LogP contribution is -2.15. The molecule has 19 heavy (non-hydrogen) atoms. The van der Waals surface area contributed by atoms with Crippen molar-refractivity contribution in [2.75, 3.05) is 10.5 Å². The number of ketones is 1. The van der Waals surface area contributed by atoms with Gasteiger partial charge in [0.1, 0.15) is 0 Å². The number of Topliss-reactive ketones (excluding diaryl/α,β-unsaturated/α-hetero) is 1. The van der Waals surface area contributed by atoms with Crippen molar-refractivity contribution in [1.82, 2.24) is 0 Å². The fourth-order valence-corrected chi connectivity index (χ4v) is 3.02. The molecule has 2 rings (SSSR count). The van der Waals surface area contributed by atoms with E-state index < -0.39 is 10.0 Å². The number of hydrogen-bond acceptors (Lipinski definition) is 3. The molecule has 1 aromatic rings. The number of sulfonamides is 1. The number of carbonyl (C=O) groups is 1. The second-order valence-electron chi connectivity index (χ2n) is 4.93. The quantitative estimate of drug-likeness (QED) is 0.844. The maximum Gasteiger partial charge on any atom is 0.232 e. The summed E-state index contributed by atoms with van der Waals surface area (Å²) in [5, 5.41) is 0. The minimum atomic E-state index is -3.26. The Labute approximate surface area is 114 Å². The summed E-state index contributed by atoms with van der Waals surface area (Å²) in [6.07, 6.45) is 4.21. The Morgan fingerprint density at radius 3 is 2.32 bits per heavy atom. The van der Waals surface area contributed by atoms with Crippen LogP contribution in [-0.4, -0.2) is 20.0 Å². The zero-order chi connectivity index (χ0) is 13.9. The first kappa shape index (κ1) is 14.1. The molecular weight excluding hydrogens is 262 g/mol. The summed E-state index contributed by atoms with van der Waals surface area (Å²) in [7, 11) is -3.26. The molecule has 0 heterocycles. The number of hydrogen-bond donors (Lipinski definition) is 1. The van der Waals surface area contributed by atoms with Crippen molar-refractivity contribution in [3.05, 3.63) is 29.8 Å². The lowest BCUT2D eigenvalue weighted by atomic mass is 9.96. The van der Waals surface area contributed by atoms with Gasteiger partial charge in [0.25, 0.3) is 0 Å². The molecule has 1 N–H and O–H groups in total. The van der Waals surface area contributed by atoms with Crippen LogP contribution < -0.4 is 4.72 Å². The van der Waals surface area contributed by atoms with Crippen LogP contribution in [0.15, 0.2) is 24.3 Å². The zero-order valence-corrected chi connectivity index (χ0v) is 11.9. The smallest absolute Gasteiger partial charge is 0.232 e. The van der Waals surface area contributed by atoms with Crippen LogP contribution >= 0.6 is 0 Å². The maximum atomic E-state index is 12.2. The fraction of sp³-hybridized carbons (Fsp3) is 0.500. The normalized spacial score (nSPS) is 16.5. The number of nitrogens with one attached hydrogen (secondary N) is 1. The van der Waals surface area contributed by atoms with Gasteiger partial charge in [0, 0.05) is 17.2 Å². The molecule has 0 atom stereocenters. The molecule has 0 radical (unpaired) electrons. The van der Waals surface area contributed by atoms with Crippen molar-refractivity contribution in [3.8, 4) is 0 Å². The Morgan fingerprint density at radius 1 is 1.21 bits per heavy atom. The predicted molar refractivity (Wildman–Crippen MR) is 75.8 cm³/mol. The third-order valence-electron chi connectivity index (χ3n) is 3.55. The summed E-state index contributed by atoms with van der Waals surface area (Å²) >= 11 is 0. The van der Waals surface area contributed by atoms with E-state index >= 15 is 0 Å². The van der Waals surface area contributed by atoms with Gasteiger partial charge in [-0.1, -0.05) is 12.8 Å². The molecule has 1 aromatic carbocycles. The molecule has 1 fully saturated rings. The highest BCUT2D eigenvalue weighted by molar-refractivity contribution is 7.92. The van der Waals surface area contributed by atoms with Crippen LogP contribution in [0.25, 0.3) is 0 Å². The van der Waals surface area contributed by atoms with Gasteiger partial charge in [-0.15, -0.1) is 0 Å². The molecule has 1 aliphatic carbocycles. The van der Waals surface area contributed by atoms with Gasteiger partial charge in [0.15, 0.2) is 5.78 Å². The molecule has 0 unspecified atom stereocenters. The third-order valence-corrected chi connectivity index (χ3v) is 4.86. The lowest BCUT2D eigenvalue weighted by Gasteiger charge is -2.09. The molecule has 1 saturated carbocycles. The van der Waals surface area contributed by atoms with Crippen molar-refractivity contribution in [3.63, 3.8) is 0 Å². The number of anilines is 1. The van der Waals surface area contributed by atoms with Crippen molar-refractivity contribution in [1.29, 1.82) is 0 Å². The van der Waals surface area contributed by atoms with Crippen LogP contribution in [0.3, 0.4) is 0 Å². The van der Waals surface area contributed by atoms with E-state index in [1.807, 2.05) is 0 Å². The summed E-state index contributed by atoms with van der Waals surface area (Å²) in [4.78, 5) is 12.2. The van der Waals surface area contributed by atoms with Crippen molar-refractivity contribution < 1.29 is 13.2 Å². The molecule has 1 aliphatic rings. The van der Waals surface area contributed by atoms with Crippen LogP contribution in [0.4, 0.5) is 5.69 Å². The minimum absolute atomic E-state index is 0.0375. The second kappa shape index (κ2) is 5.74. The van der Waals surface area contributed by atoms with Gasteiger partial charge in [0.2, 0.25) is 10.0 Å². The topological polar surface area (TPSA) is 63.2 Å². The van der Waals surface area contributed by atoms with Crippen LogP contribution in [0.1, 0.15) is 43.0 Å². The van der Waals surface area contributed by atoms with Gasteiger partial charge in [-0.25, -0.2) is 8.42 Å². The van der Waals surface area contributed by atoms with Crippen molar-refractivity contribution >= 4 is 21.5 Å². The molecule has 0 spiro atoms. The van der Waals surface area contributed by atoms with Crippen molar-refractivity contribution in [2.45, 2.75) is 32.6 Å². The first-order chi connectivity index (χ1) is 9.02. The molecule has 0 amide bonds. The summed E-state index contributed by atoms with van der Waals surface area (Å²) in [5.41, 5.74) is 1.18. The van der Waals surface area contributed by atoms with E-state index in [-0.39, 0.29) is 17.5 Å². The summed E-state index contributed by atoms with van der Waals surface area (Å²) in [6.45, 7) is 1.58. The van der Waals surface area contributed by atoms with Crippen LogP contribution in [0, 0.1) is 5.92 Å². The van der Waals surface area contributed by atoms with Gasteiger partial charge >= 0.3 is 0 Å². The molecule has 4 nitrogen and oxygen atoms in total. The van der Waals surface area contributed by atoms with E-state index in [1.165, 1.54) is 0 Å². The first-order valence-corrected chi connectivity index (χ1v) is 8.32. The number of rotatable bonds is 5. The molecule has 0 saturated heterocycles. The van der Waals surface area contributed by atoms with Gasteiger partial charge in [-0.05, 0) is 44.0 Å². The van der Waals surface area contributed by atoms with Gasteiger partial charge < -0.3 is 0 Å². The zero-order valence-electron chi connectivity index (χ0n) is 11.1. The number of carbonyl (C=O) groups excluding carboxylic acids is 1. The van der Waals surface area contributed by atoms with Crippen LogP contribution in [-0.2, 0) is 10.0 Å². The molecule has 104 valence electrons. The van der Waals surface area contributed by atoms with E-state index in [4.69, 9.17) is 0 Å². The Bertz CT molecular complexity index is 543. The van der Waals surface area contributed by atoms with Crippen LogP contribution in [0.5, 0.6) is 0 Å². The average Bonchev–Trinajstić information content (AvgIpc) is 2.92. The van der Waals surface area contributed by atoms with E-state index in [0.717, 1.165) is 25.7 Å². The molecule has 5 heteroatoms. The van der Waals surface area contributed by atoms with Gasteiger partial charge in [-0.2, -0.15) is 0 Å². The summed E-state index contributed by atoms with van der Waals surface area (Å²) < 4.78 is 25.3. The van der Waals surface area contributed by atoms with Crippen LogP contribution in [0.2, 0.25) is 0 Å². The van der Waals surface area contributed by atoms with E-state index in [0.29, 0.717) is 11.3 Å². The first-order valence-electron chi connectivity index (χ1n) is 6.66. The molecular formula is C14H19NO3S. The monoisotopic (exact) mass is 281 g/mol. The standard InChI is InChI=1S/C14H19NO3S/c1-2-19(17,18)15-13-9-7-12(8-10-13)14(16)11-5-3-4-6-11/h7-11,15H,2-6H2,1H3. The van der Waals surface area contributed by atoms with E-state index in [2.05, 4.69) is 4.72 Å². The Morgan fingerprint density at radius 2 is 1.79 bits per heavy atom. The van der Waals surface area contributed by atoms with Gasteiger partial charge in [0.05, 0.1) is 5.75 Å². The Hall–Kier alpha value is -1.36. The summed E-state index contributed by atoms with van der Waals surface area (Å²) in [6, 6.07) is 6.70. The predicted octanol–water partition coefficient (Wildman–Crippen LogP) is 2.82. The maximum absolute atomic E-state index is 12.2.